The van der Waals surface area contributed by atoms with E-state index in [0.717, 1.165) is 38.8 Å². The van der Waals surface area contributed by atoms with Crippen LogP contribution < -0.4 is 5.32 Å². The Hall–Kier alpha value is -0.900. The van der Waals surface area contributed by atoms with E-state index >= 15 is 0 Å². The van der Waals surface area contributed by atoms with Crippen molar-refractivity contribution in [2.24, 2.45) is 5.92 Å². The Labute approximate surface area is 115 Å². The highest BCUT2D eigenvalue weighted by Gasteiger charge is 2.26. The molecule has 0 radical (unpaired) electrons. The van der Waals surface area contributed by atoms with Crippen molar-refractivity contribution in [2.45, 2.75) is 18.9 Å². The molecule has 104 valence electrons. The van der Waals surface area contributed by atoms with E-state index in [1.165, 1.54) is 24.9 Å². The topological polar surface area (TPSA) is 24.5 Å². The number of benzene rings is 1. The van der Waals surface area contributed by atoms with Crippen LogP contribution in [0.4, 0.5) is 0 Å². The lowest BCUT2D eigenvalue weighted by Gasteiger charge is -2.39. The molecule has 2 fully saturated rings. The molecule has 2 saturated heterocycles. The lowest BCUT2D eigenvalue weighted by atomic mass is 9.96. The smallest absolute Gasteiger partial charge is 0.0473 e. The number of nitrogens with zero attached hydrogens (tertiary/aromatic N) is 1. The van der Waals surface area contributed by atoms with Gasteiger partial charge >= 0.3 is 0 Å². The van der Waals surface area contributed by atoms with E-state index in [1.54, 1.807) is 0 Å². The first-order valence-corrected chi connectivity index (χ1v) is 7.51. The number of hydrogen-bond acceptors (Lipinski definition) is 3. The zero-order valence-electron chi connectivity index (χ0n) is 11.6. The molecule has 1 aromatic rings. The fourth-order valence-electron chi connectivity index (χ4n) is 3.23. The van der Waals surface area contributed by atoms with Crippen LogP contribution in [0.3, 0.4) is 0 Å². The van der Waals surface area contributed by atoms with Crippen LogP contribution in [0.2, 0.25) is 0 Å². The molecular formula is C16H24N2O. The number of nitrogens with one attached hydrogen (secondary N) is 1. The van der Waals surface area contributed by atoms with Gasteiger partial charge in [0.25, 0.3) is 0 Å². The average molecular weight is 260 g/mol. The fraction of sp³-hybridized carbons (Fsp3) is 0.625. The first-order chi connectivity index (χ1) is 9.43. The zero-order valence-corrected chi connectivity index (χ0v) is 11.6. The second kappa shape index (κ2) is 6.51. The van der Waals surface area contributed by atoms with Gasteiger partial charge in [-0.05, 0) is 24.3 Å². The maximum Gasteiger partial charge on any atom is 0.0473 e. The van der Waals surface area contributed by atoms with E-state index in [1.807, 2.05) is 0 Å². The Morgan fingerprint density at radius 1 is 1.16 bits per heavy atom. The lowest BCUT2D eigenvalue weighted by Crippen LogP contribution is -2.48. The van der Waals surface area contributed by atoms with E-state index in [4.69, 9.17) is 4.74 Å². The van der Waals surface area contributed by atoms with Crippen LogP contribution in [-0.4, -0.2) is 44.3 Å². The summed E-state index contributed by atoms with van der Waals surface area (Å²) < 4.78 is 5.47. The highest BCUT2D eigenvalue weighted by Crippen LogP contribution is 2.25. The zero-order chi connectivity index (χ0) is 12.9. The van der Waals surface area contributed by atoms with Gasteiger partial charge in [-0.25, -0.2) is 0 Å². The molecule has 0 spiro atoms. The highest BCUT2D eigenvalue weighted by molar-refractivity contribution is 5.20. The fourth-order valence-corrected chi connectivity index (χ4v) is 3.23. The standard InChI is InChI=1S/C16H24N2O/c1-2-4-15(5-3-1)16-12-17-8-9-18(16)13-14-6-10-19-11-7-14/h1-5,14,16-17H,6-13H2/t16-/m0/s1. The number of piperazine rings is 1. The number of rotatable bonds is 3. The second-order valence-electron chi connectivity index (χ2n) is 5.68. The molecule has 3 rings (SSSR count). The Morgan fingerprint density at radius 2 is 1.95 bits per heavy atom. The van der Waals surface area contributed by atoms with Crippen LogP contribution >= 0.6 is 0 Å². The van der Waals surface area contributed by atoms with Crippen LogP contribution in [0.15, 0.2) is 30.3 Å². The molecule has 3 nitrogen and oxygen atoms in total. The van der Waals surface area contributed by atoms with Crippen molar-refractivity contribution in [1.82, 2.24) is 10.2 Å². The van der Waals surface area contributed by atoms with E-state index in [2.05, 4.69) is 40.5 Å². The molecule has 3 heteroatoms. The van der Waals surface area contributed by atoms with Crippen molar-refractivity contribution in [3.8, 4) is 0 Å². The molecule has 2 heterocycles. The van der Waals surface area contributed by atoms with Crippen molar-refractivity contribution in [3.05, 3.63) is 35.9 Å². The van der Waals surface area contributed by atoms with Gasteiger partial charge in [0.1, 0.15) is 0 Å². The van der Waals surface area contributed by atoms with Gasteiger partial charge in [-0.3, -0.25) is 4.90 Å². The third-order valence-corrected chi connectivity index (χ3v) is 4.37. The van der Waals surface area contributed by atoms with Crippen molar-refractivity contribution >= 4 is 0 Å². The summed E-state index contributed by atoms with van der Waals surface area (Å²) in [7, 11) is 0. The van der Waals surface area contributed by atoms with Gasteiger partial charge in [0.15, 0.2) is 0 Å². The monoisotopic (exact) mass is 260 g/mol. The molecule has 0 amide bonds. The molecule has 19 heavy (non-hydrogen) atoms. The van der Waals surface area contributed by atoms with Crippen LogP contribution in [0, 0.1) is 5.92 Å². The van der Waals surface area contributed by atoms with Crippen LogP contribution in [0.1, 0.15) is 24.4 Å². The Balaban J connectivity index is 1.66. The van der Waals surface area contributed by atoms with Gasteiger partial charge in [-0.1, -0.05) is 30.3 Å². The van der Waals surface area contributed by atoms with E-state index < -0.39 is 0 Å². The van der Waals surface area contributed by atoms with Crippen LogP contribution in [0.5, 0.6) is 0 Å². The van der Waals surface area contributed by atoms with E-state index in [-0.39, 0.29) is 0 Å². The molecule has 1 N–H and O–H groups in total. The minimum absolute atomic E-state index is 0.540. The van der Waals surface area contributed by atoms with Crippen molar-refractivity contribution in [1.29, 1.82) is 0 Å². The number of ether oxygens (including phenoxy) is 1. The second-order valence-corrected chi connectivity index (χ2v) is 5.68. The molecule has 2 aliphatic heterocycles. The molecule has 0 aliphatic carbocycles. The summed E-state index contributed by atoms with van der Waals surface area (Å²) in [6.07, 6.45) is 2.46. The van der Waals surface area contributed by atoms with Gasteiger partial charge in [0.2, 0.25) is 0 Å². The molecule has 1 aromatic carbocycles. The maximum absolute atomic E-state index is 5.47. The Kier molecular flexibility index (Phi) is 4.49. The maximum atomic E-state index is 5.47. The van der Waals surface area contributed by atoms with Crippen molar-refractivity contribution in [2.75, 3.05) is 39.4 Å². The Morgan fingerprint density at radius 3 is 2.74 bits per heavy atom. The third kappa shape index (κ3) is 3.35. The van der Waals surface area contributed by atoms with Crippen molar-refractivity contribution in [3.63, 3.8) is 0 Å². The van der Waals surface area contributed by atoms with Crippen molar-refractivity contribution < 1.29 is 4.74 Å². The van der Waals surface area contributed by atoms with Crippen LogP contribution in [0.25, 0.3) is 0 Å². The lowest BCUT2D eigenvalue weighted by molar-refractivity contribution is 0.0408. The summed E-state index contributed by atoms with van der Waals surface area (Å²) in [5.41, 5.74) is 1.45. The molecule has 0 saturated carbocycles. The molecule has 2 aliphatic rings. The summed E-state index contributed by atoms with van der Waals surface area (Å²) in [5.74, 6) is 0.818. The van der Waals surface area contributed by atoms with E-state index in [0.29, 0.717) is 6.04 Å². The molecule has 0 bridgehead atoms. The summed E-state index contributed by atoms with van der Waals surface area (Å²) in [6.45, 7) is 6.49. The highest BCUT2D eigenvalue weighted by atomic mass is 16.5. The predicted molar refractivity (Wildman–Crippen MR) is 77.2 cm³/mol. The molecular weight excluding hydrogens is 236 g/mol. The minimum Gasteiger partial charge on any atom is -0.381 e. The summed E-state index contributed by atoms with van der Waals surface area (Å²) in [6, 6.07) is 11.5. The summed E-state index contributed by atoms with van der Waals surface area (Å²) in [5, 5.41) is 3.53. The van der Waals surface area contributed by atoms with Crippen LogP contribution in [-0.2, 0) is 4.74 Å². The summed E-state index contributed by atoms with van der Waals surface area (Å²) in [4.78, 5) is 2.67. The molecule has 1 atom stereocenters. The van der Waals surface area contributed by atoms with Gasteiger partial charge in [0, 0.05) is 45.4 Å². The first-order valence-electron chi connectivity index (χ1n) is 7.51. The number of hydrogen-bond donors (Lipinski definition) is 1. The molecule has 0 unspecified atom stereocenters. The summed E-state index contributed by atoms with van der Waals surface area (Å²) >= 11 is 0. The Bertz CT molecular complexity index is 376. The SMILES string of the molecule is c1ccc([C@@H]2CNCCN2CC2CCOCC2)cc1. The molecule has 0 aromatic heterocycles. The minimum atomic E-state index is 0.540. The van der Waals surface area contributed by atoms with E-state index in [9.17, 15) is 0 Å². The first kappa shape index (κ1) is 13.1. The normalized spacial score (nSPS) is 26.4. The average Bonchev–Trinajstić information content (AvgIpc) is 2.50. The third-order valence-electron chi connectivity index (χ3n) is 4.37. The van der Waals surface area contributed by atoms with Gasteiger partial charge in [0.05, 0.1) is 0 Å². The van der Waals surface area contributed by atoms with Gasteiger partial charge in [-0.2, -0.15) is 0 Å². The van der Waals surface area contributed by atoms with Gasteiger partial charge in [-0.15, -0.1) is 0 Å². The van der Waals surface area contributed by atoms with Gasteiger partial charge < -0.3 is 10.1 Å². The largest absolute Gasteiger partial charge is 0.381 e. The quantitative estimate of drug-likeness (QED) is 0.900. The predicted octanol–water partition coefficient (Wildman–Crippen LogP) is 2.06.